The van der Waals surface area contributed by atoms with Crippen LogP contribution in [0.25, 0.3) is 0 Å². The van der Waals surface area contributed by atoms with Gasteiger partial charge in [0.1, 0.15) is 0 Å². The summed E-state index contributed by atoms with van der Waals surface area (Å²) >= 11 is 0. The molecular weight excluding hydrogens is 149 g/mol. The van der Waals surface area contributed by atoms with Crippen LogP contribution < -0.4 is 0 Å². The first kappa shape index (κ1) is 9.34. The standard InChI is InChI=1S/Ga.H3O3P.3H/c;1-4(2)3;;;/h;1-3H;;;. The first-order valence-electron chi connectivity index (χ1n) is 0.600. The third-order valence-electron chi connectivity index (χ3n) is 0. The summed E-state index contributed by atoms with van der Waals surface area (Å²) in [5.41, 5.74) is 0. The summed E-state index contributed by atoms with van der Waals surface area (Å²) in [4.78, 5) is 21.7. The minimum absolute atomic E-state index is 0. The zero-order valence-corrected chi connectivity index (χ0v) is 2.68. The Balaban J connectivity index is 0. The Labute approximate surface area is 43.7 Å². The van der Waals surface area contributed by atoms with Gasteiger partial charge >= 0.3 is 28.4 Å². The Morgan fingerprint density at radius 2 is 1.00 bits per heavy atom. The molecule has 0 rings (SSSR count). The van der Waals surface area contributed by atoms with E-state index < -0.39 is 8.60 Å². The van der Waals surface area contributed by atoms with Crippen LogP contribution in [0.4, 0.5) is 0 Å². The first-order valence-corrected chi connectivity index (χ1v) is 1.80. The topological polar surface area (TPSA) is 60.7 Å². The molecule has 0 heterocycles. The van der Waals surface area contributed by atoms with E-state index >= 15 is 0 Å². The zero-order valence-electron chi connectivity index (χ0n) is 1.79. The molecule has 0 radical (unpaired) electrons. The number of rotatable bonds is 0. The molecule has 32 valence electrons. The molecule has 0 aromatic carbocycles. The fraction of sp³-hybridized carbons (Fsp3) is 0. The van der Waals surface area contributed by atoms with E-state index in [9.17, 15) is 0 Å². The second kappa shape index (κ2) is 4.95. The molecule has 0 saturated heterocycles. The summed E-state index contributed by atoms with van der Waals surface area (Å²) in [5.74, 6) is 0. The average molecular weight is 155 g/mol. The van der Waals surface area contributed by atoms with Gasteiger partial charge < -0.3 is 14.7 Å². The van der Waals surface area contributed by atoms with Crippen molar-refractivity contribution in [3.05, 3.63) is 0 Å². The van der Waals surface area contributed by atoms with Crippen LogP contribution in [-0.2, 0) is 0 Å². The van der Waals surface area contributed by atoms with E-state index in [1.807, 2.05) is 0 Å². The molecule has 0 aliphatic heterocycles. The van der Waals surface area contributed by atoms with E-state index in [1.54, 1.807) is 0 Å². The molecule has 0 aromatic rings. The van der Waals surface area contributed by atoms with Crippen molar-refractivity contribution in [1.82, 2.24) is 0 Å². The summed E-state index contributed by atoms with van der Waals surface area (Å²) in [6.07, 6.45) is 0. The van der Waals surface area contributed by atoms with Crippen LogP contribution in [0.3, 0.4) is 0 Å². The zero-order chi connectivity index (χ0) is 3.58. The van der Waals surface area contributed by atoms with Crippen molar-refractivity contribution in [1.29, 1.82) is 0 Å². The number of hydrogen-bond acceptors (Lipinski definition) is 3. The molecule has 5 heavy (non-hydrogen) atoms. The second-order valence-electron chi connectivity index (χ2n) is 0.268. The molecule has 0 saturated carbocycles. The predicted molar refractivity (Wildman–Crippen MR) is 23.5 cm³/mol. The van der Waals surface area contributed by atoms with Crippen LogP contribution in [0.1, 0.15) is 0 Å². The van der Waals surface area contributed by atoms with Gasteiger partial charge in [0.05, 0.1) is 0 Å². The summed E-state index contributed by atoms with van der Waals surface area (Å²) in [6, 6.07) is 0. The molecule has 0 unspecified atom stereocenters. The quantitative estimate of drug-likeness (QED) is 0.280. The Morgan fingerprint density at radius 1 is 1.00 bits per heavy atom. The van der Waals surface area contributed by atoms with Crippen LogP contribution in [0, 0.1) is 0 Å². The van der Waals surface area contributed by atoms with E-state index in [4.69, 9.17) is 14.7 Å². The van der Waals surface area contributed by atoms with Crippen LogP contribution in [-0.4, -0.2) is 34.5 Å². The Hall–Kier alpha value is 0.946. The number of hydrogen-bond donors (Lipinski definition) is 3. The van der Waals surface area contributed by atoms with Gasteiger partial charge in [0, 0.05) is 0 Å². The molecule has 0 aliphatic carbocycles. The van der Waals surface area contributed by atoms with E-state index in [0.29, 0.717) is 0 Å². The van der Waals surface area contributed by atoms with Gasteiger partial charge in [-0.3, -0.25) is 0 Å². The normalized spacial score (nSPS) is 7.20. The van der Waals surface area contributed by atoms with Crippen LogP contribution in [0.2, 0.25) is 0 Å². The molecule has 0 fully saturated rings. The molecule has 3 nitrogen and oxygen atoms in total. The average Bonchev–Trinajstić information content (AvgIpc) is 0.811. The fourth-order valence-corrected chi connectivity index (χ4v) is 0. The van der Waals surface area contributed by atoms with Crippen molar-refractivity contribution in [3.8, 4) is 0 Å². The third kappa shape index (κ3) is 47.9. The Bertz CT molecular complexity index is 11.6. The van der Waals surface area contributed by atoms with Crippen molar-refractivity contribution >= 4 is 28.4 Å². The Kier molecular flexibility index (Phi) is 9.24. The minimum atomic E-state index is -2.62. The van der Waals surface area contributed by atoms with Gasteiger partial charge in [0.2, 0.25) is 0 Å². The van der Waals surface area contributed by atoms with Crippen molar-refractivity contribution < 1.29 is 14.7 Å². The molecule has 3 N–H and O–H groups in total. The third-order valence-corrected chi connectivity index (χ3v) is 0. The van der Waals surface area contributed by atoms with Crippen LogP contribution in [0.15, 0.2) is 0 Å². The molecule has 5 heteroatoms. The van der Waals surface area contributed by atoms with Crippen molar-refractivity contribution in [2.75, 3.05) is 0 Å². The van der Waals surface area contributed by atoms with Crippen molar-refractivity contribution in [2.45, 2.75) is 0 Å². The fourth-order valence-electron chi connectivity index (χ4n) is 0. The van der Waals surface area contributed by atoms with Gasteiger partial charge in [-0.2, -0.15) is 0 Å². The Morgan fingerprint density at radius 3 is 1.00 bits per heavy atom. The summed E-state index contributed by atoms with van der Waals surface area (Å²) in [5, 5.41) is 0. The maximum atomic E-state index is 7.23. The SMILES string of the molecule is OP(O)O.[GaH3]. The molecule has 0 aromatic heterocycles. The molecule has 0 amide bonds. The maximum absolute atomic E-state index is 7.23. The molecule has 0 spiro atoms. The predicted octanol–water partition coefficient (Wildman–Crippen LogP) is -1.99. The van der Waals surface area contributed by atoms with Gasteiger partial charge in [-0.25, -0.2) is 0 Å². The second-order valence-corrected chi connectivity index (χ2v) is 0.805. The van der Waals surface area contributed by atoms with E-state index in [0.717, 1.165) is 0 Å². The van der Waals surface area contributed by atoms with Crippen molar-refractivity contribution in [2.24, 2.45) is 0 Å². The van der Waals surface area contributed by atoms with Gasteiger partial charge in [0.15, 0.2) is 0 Å². The monoisotopic (exact) mass is 154 g/mol. The van der Waals surface area contributed by atoms with Crippen molar-refractivity contribution in [3.63, 3.8) is 0 Å². The molecule has 0 aliphatic rings. The molecule has 0 bridgehead atoms. The van der Waals surface area contributed by atoms with Gasteiger partial charge in [0.25, 0.3) is 0 Å². The van der Waals surface area contributed by atoms with Crippen LogP contribution >= 0.6 is 8.60 Å². The van der Waals surface area contributed by atoms with E-state index in [1.165, 1.54) is 0 Å². The van der Waals surface area contributed by atoms with Gasteiger partial charge in [-0.15, -0.1) is 0 Å². The summed E-state index contributed by atoms with van der Waals surface area (Å²) in [6.45, 7) is 0. The van der Waals surface area contributed by atoms with Gasteiger partial charge in [-0.05, 0) is 0 Å². The first-order chi connectivity index (χ1) is 1.73. The van der Waals surface area contributed by atoms with Crippen LogP contribution in [0.5, 0.6) is 0 Å². The summed E-state index contributed by atoms with van der Waals surface area (Å²) in [7, 11) is -2.62. The molecular formula is H6GaO3P. The van der Waals surface area contributed by atoms with Gasteiger partial charge in [-0.1, -0.05) is 0 Å². The summed E-state index contributed by atoms with van der Waals surface area (Å²) < 4.78 is 0. The molecule has 0 atom stereocenters. The van der Waals surface area contributed by atoms with E-state index in [2.05, 4.69) is 0 Å². The van der Waals surface area contributed by atoms with E-state index in [-0.39, 0.29) is 19.8 Å².